The number of nitrogens with zero attached hydrogens (tertiary/aromatic N) is 4. The van der Waals surface area contributed by atoms with Crippen molar-refractivity contribution < 1.29 is 17.9 Å². The van der Waals surface area contributed by atoms with E-state index in [0.29, 0.717) is 17.9 Å². The molecule has 1 aromatic heterocycles. The van der Waals surface area contributed by atoms with Gasteiger partial charge >= 0.3 is 6.18 Å². The van der Waals surface area contributed by atoms with Gasteiger partial charge in [0, 0.05) is 12.2 Å². The number of aromatic nitrogens is 3. The molecule has 0 bridgehead atoms. The number of hydrogen-bond acceptors (Lipinski definition) is 4. The molecule has 2 heterocycles. The summed E-state index contributed by atoms with van der Waals surface area (Å²) in [6.45, 7) is 3.53. The minimum Gasteiger partial charge on any atom is -0.350 e. The van der Waals surface area contributed by atoms with Gasteiger partial charge in [0.2, 0.25) is 0 Å². The molecule has 146 valence electrons. The van der Waals surface area contributed by atoms with E-state index in [0.717, 1.165) is 24.4 Å². The summed E-state index contributed by atoms with van der Waals surface area (Å²) in [5.74, 6) is 0. The molecule has 1 aliphatic heterocycles. The fourth-order valence-electron chi connectivity index (χ4n) is 3.25. The molecule has 28 heavy (non-hydrogen) atoms. The van der Waals surface area contributed by atoms with Gasteiger partial charge in [-0.15, -0.1) is 5.10 Å². The van der Waals surface area contributed by atoms with E-state index in [1.807, 2.05) is 31.2 Å². The Morgan fingerprint density at radius 3 is 2.68 bits per heavy atom. The molecule has 0 saturated carbocycles. The number of benzene rings is 2. The van der Waals surface area contributed by atoms with Gasteiger partial charge in [0.15, 0.2) is 6.23 Å². The fourth-order valence-corrected chi connectivity index (χ4v) is 3.25. The first-order valence-corrected chi connectivity index (χ1v) is 8.91. The highest BCUT2D eigenvalue weighted by atomic mass is 19.4. The molecule has 4 rings (SSSR count). The van der Waals surface area contributed by atoms with E-state index in [1.54, 1.807) is 12.3 Å². The zero-order valence-electron chi connectivity index (χ0n) is 15.2. The third-order valence-electron chi connectivity index (χ3n) is 4.66. The molecule has 8 heteroatoms. The Balaban J connectivity index is 1.52. The Hall–Kier alpha value is -2.87. The van der Waals surface area contributed by atoms with Gasteiger partial charge in [0.05, 0.1) is 24.9 Å². The first-order chi connectivity index (χ1) is 13.4. The number of alkyl halides is 3. The van der Waals surface area contributed by atoms with Gasteiger partial charge in [-0.3, -0.25) is 0 Å². The lowest BCUT2D eigenvalue weighted by molar-refractivity contribution is -0.137. The largest absolute Gasteiger partial charge is 0.416 e. The molecule has 0 N–H and O–H groups in total. The summed E-state index contributed by atoms with van der Waals surface area (Å²) < 4.78 is 46.0. The third-order valence-corrected chi connectivity index (χ3v) is 4.66. The minimum absolute atomic E-state index is 0.203. The lowest BCUT2D eigenvalue weighted by Crippen LogP contribution is -2.23. The van der Waals surface area contributed by atoms with Crippen LogP contribution in [0.1, 0.15) is 28.6 Å². The summed E-state index contributed by atoms with van der Waals surface area (Å²) in [5.41, 5.74) is 2.67. The van der Waals surface area contributed by atoms with Gasteiger partial charge < -0.3 is 9.64 Å². The van der Waals surface area contributed by atoms with Crippen LogP contribution in [0.25, 0.3) is 0 Å². The first kappa shape index (κ1) is 18.5. The Morgan fingerprint density at radius 2 is 1.93 bits per heavy atom. The molecule has 3 aromatic rings. The summed E-state index contributed by atoms with van der Waals surface area (Å²) in [7, 11) is 0. The van der Waals surface area contributed by atoms with Gasteiger partial charge in [-0.1, -0.05) is 35.0 Å². The van der Waals surface area contributed by atoms with Crippen molar-refractivity contribution in [2.75, 3.05) is 18.1 Å². The average Bonchev–Trinajstić information content (AvgIpc) is 3.31. The van der Waals surface area contributed by atoms with Crippen LogP contribution in [-0.4, -0.2) is 28.1 Å². The van der Waals surface area contributed by atoms with E-state index in [1.165, 1.54) is 16.3 Å². The minimum atomic E-state index is -4.37. The van der Waals surface area contributed by atoms with E-state index in [4.69, 9.17) is 4.74 Å². The van der Waals surface area contributed by atoms with Crippen molar-refractivity contribution in [1.82, 2.24) is 15.0 Å². The molecule has 0 unspecified atom stereocenters. The summed E-state index contributed by atoms with van der Waals surface area (Å²) >= 11 is 0. The molecular formula is C20H19F3N4O. The van der Waals surface area contributed by atoms with Gasteiger partial charge in [0.1, 0.15) is 5.69 Å². The van der Waals surface area contributed by atoms with Crippen LogP contribution in [-0.2, 0) is 17.5 Å². The zero-order valence-corrected chi connectivity index (χ0v) is 15.2. The molecule has 0 radical (unpaired) electrons. The maximum absolute atomic E-state index is 12.9. The van der Waals surface area contributed by atoms with Crippen molar-refractivity contribution in [2.24, 2.45) is 0 Å². The van der Waals surface area contributed by atoms with Crippen molar-refractivity contribution in [3.05, 3.63) is 77.1 Å². The number of hydrogen-bond donors (Lipinski definition) is 0. The Kier molecular flexibility index (Phi) is 4.80. The van der Waals surface area contributed by atoms with Crippen LogP contribution >= 0.6 is 0 Å². The SMILES string of the molecule is Cc1ccc(N2CCO[C@@H]2c2cn(Cc3cccc(C(F)(F)F)c3)nn2)cc1. The van der Waals surface area contributed by atoms with Crippen LogP contribution in [0.5, 0.6) is 0 Å². The molecule has 2 aromatic carbocycles. The molecule has 0 aliphatic carbocycles. The second kappa shape index (κ2) is 7.27. The van der Waals surface area contributed by atoms with E-state index < -0.39 is 11.7 Å². The quantitative estimate of drug-likeness (QED) is 0.672. The molecule has 1 atom stereocenters. The highest BCUT2D eigenvalue weighted by Gasteiger charge is 2.31. The molecule has 1 fully saturated rings. The number of ether oxygens (including phenoxy) is 1. The lowest BCUT2D eigenvalue weighted by Gasteiger charge is -2.23. The number of anilines is 1. The van der Waals surface area contributed by atoms with Crippen molar-refractivity contribution in [3.8, 4) is 0 Å². The third kappa shape index (κ3) is 3.87. The topological polar surface area (TPSA) is 43.2 Å². The predicted octanol–water partition coefficient (Wildman–Crippen LogP) is 4.19. The molecular weight excluding hydrogens is 369 g/mol. The zero-order chi connectivity index (χ0) is 19.7. The van der Waals surface area contributed by atoms with Crippen LogP contribution in [0.2, 0.25) is 0 Å². The summed E-state index contributed by atoms with van der Waals surface area (Å²) in [4.78, 5) is 2.10. The highest BCUT2D eigenvalue weighted by Crippen LogP contribution is 2.32. The Labute approximate surface area is 160 Å². The van der Waals surface area contributed by atoms with Gasteiger partial charge in [-0.2, -0.15) is 13.2 Å². The van der Waals surface area contributed by atoms with Crippen molar-refractivity contribution in [1.29, 1.82) is 0 Å². The normalized spacial score (nSPS) is 17.3. The maximum atomic E-state index is 12.9. The molecule has 1 saturated heterocycles. The van der Waals surface area contributed by atoms with Crippen LogP contribution in [0, 0.1) is 6.92 Å². The standard InChI is InChI=1S/C20H19F3N4O/c1-14-5-7-17(8-6-14)27-9-10-28-19(27)18-13-26(25-24-18)12-15-3-2-4-16(11-15)20(21,22)23/h2-8,11,13,19H,9-10,12H2,1H3/t19-/m1/s1. The van der Waals surface area contributed by atoms with Crippen molar-refractivity contribution >= 4 is 5.69 Å². The average molecular weight is 388 g/mol. The summed E-state index contributed by atoms with van der Waals surface area (Å²) in [5, 5.41) is 8.25. The number of halogens is 3. The van der Waals surface area contributed by atoms with Crippen LogP contribution in [0.4, 0.5) is 18.9 Å². The smallest absolute Gasteiger partial charge is 0.350 e. The second-order valence-electron chi connectivity index (χ2n) is 6.79. The Morgan fingerprint density at radius 1 is 1.14 bits per heavy atom. The second-order valence-corrected chi connectivity index (χ2v) is 6.79. The van der Waals surface area contributed by atoms with Crippen LogP contribution < -0.4 is 4.90 Å². The lowest BCUT2D eigenvalue weighted by atomic mass is 10.1. The Bertz CT molecular complexity index is 953. The van der Waals surface area contributed by atoms with Crippen molar-refractivity contribution in [3.63, 3.8) is 0 Å². The van der Waals surface area contributed by atoms with Crippen LogP contribution in [0.15, 0.2) is 54.7 Å². The fraction of sp³-hybridized carbons (Fsp3) is 0.300. The highest BCUT2D eigenvalue weighted by molar-refractivity contribution is 5.49. The summed E-state index contributed by atoms with van der Waals surface area (Å²) in [6, 6.07) is 13.4. The van der Waals surface area contributed by atoms with E-state index in [9.17, 15) is 13.2 Å². The molecule has 0 amide bonds. The van der Waals surface area contributed by atoms with Gasteiger partial charge in [0.25, 0.3) is 0 Å². The van der Waals surface area contributed by atoms with Gasteiger partial charge in [-0.25, -0.2) is 4.68 Å². The first-order valence-electron chi connectivity index (χ1n) is 8.91. The molecule has 0 spiro atoms. The monoisotopic (exact) mass is 388 g/mol. The molecule has 1 aliphatic rings. The van der Waals surface area contributed by atoms with E-state index >= 15 is 0 Å². The number of rotatable bonds is 4. The van der Waals surface area contributed by atoms with Crippen molar-refractivity contribution in [2.45, 2.75) is 25.9 Å². The number of aryl methyl sites for hydroxylation is 1. The maximum Gasteiger partial charge on any atom is 0.416 e. The molecule has 5 nitrogen and oxygen atoms in total. The van der Waals surface area contributed by atoms with E-state index in [-0.39, 0.29) is 12.8 Å². The summed E-state index contributed by atoms with van der Waals surface area (Å²) in [6.07, 6.45) is -3.01. The van der Waals surface area contributed by atoms with E-state index in [2.05, 4.69) is 15.2 Å². The van der Waals surface area contributed by atoms with Gasteiger partial charge in [-0.05, 0) is 36.8 Å². The van der Waals surface area contributed by atoms with Crippen LogP contribution in [0.3, 0.4) is 0 Å². The predicted molar refractivity (Wildman–Crippen MR) is 97.8 cm³/mol.